The van der Waals surface area contributed by atoms with Gasteiger partial charge in [0.15, 0.2) is 0 Å². The number of hydrogen-bond donors (Lipinski definition) is 2. The third-order valence-corrected chi connectivity index (χ3v) is 4.14. The predicted molar refractivity (Wildman–Crippen MR) is 70.3 cm³/mol. The minimum atomic E-state index is -0.386. The van der Waals surface area contributed by atoms with Gasteiger partial charge in [-0.25, -0.2) is 0 Å². The molecule has 0 bridgehead atoms. The Bertz CT molecular complexity index is 318. The first-order valence-electron chi connectivity index (χ1n) is 6.25. The zero-order valence-electron chi connectivity index (χ0n) is 10.4. The molecule has 1 saturated heterocycles. The van der Waals surface area contributed by atoms with E-state index >= 15 is 0 Å². The minimum Gasteiger partial charge on any atom is -0.386 e. The van der Waals surface area contributed by atoms with Crippen LogP contribution in [-0.2, 0) is 4.74 Å². The van der Waals surface area contributed by atoms with Gasteiger partial charge in [0.1, 0.15) is 6.10 Å². The molecule has 4 atom stereocenters. The SMILES string of the molecule is C[C@@H]1CC(NC[C@@H](O)c2cccs2)C[C@H](C)O1. The maximum Gasteiger partial charge on any atom is 0.101 e. The Labute approximate surface area is 107 Å². The second-order valence-corrected chi connectivity index (χ2v) is 5.84. The summed E-state index contributed by atoms with van der Waals surface area (Å²) in [4.78, 5) is 1.03. The van der Waals surface area contributed by atoms with Crippen LogP contribution in [0, 0.1) is 0 Å². The first-order valence-corrected chi connectivity index (χ1v) is 7.13. The van der Waals surface area contributed by atoms with Crippen LogP contribution >= 0.6 is 11.3 Å². The monoisotopic (exact) mass is 255 g/mol. The van der Waals surface area contributed by atoms with E-state index in [1.54, 1.807) is 11.3 Å². The van der Waals surface area contributed by atoms with Gasteiger partial charge >= 0.3 is 0 Å². The zero-order valence-corrected chi connectivity index (χ0v) is 11.2. The van der Waals surface area contributed by atoms with E-state index in [-0.39, 0.29) is 6.10 Å². The highest BCUT2D eigenvalue weighted by molar-refractivity contribution is 7.10. The minimum absolute atomic E-state index is 0.315. The number of hydrogen-bond acceptors (Lipinski definition) is 4. The molecule has 17 heavy (non-hydrogen) atoms. The molecule has 2 heterocycles. The highest BCUT2D eigenvalue weighted by Gasteiger charge is 2.24. The normalized spacial score (nSPS) is 31.4. The second kappa shape index (κ2) is 5.96. The van der Waals surface area contributed by atoms with Gasteiger partial charge in [-0.05, 0) is 38.1 Å². The number of thiophene rings is 1. The summed E-state index contributed by atoms with van der Waals surface area (Å²) >= 11 is 1.60. The average molecular weight is 255 g/mol. The standard InChI is InChI=1S/C13H21NO2S/c1-9-6-11(7-10(2)16-9)14-8-12(15)13-4-3-5-17-13/h3-5,9-12,14-15H,6-8H2,1-2H3/t9-,10+,11?,12-/m1/s1. The summed E-state index contributed by atoms with van der Waals surface area (Å²) in [6, 6.07) is 4.41. The zero-order chi connectivity index (χ0) is 12.3. The van der Waals surface area contributed by atoms with E-state index in [4.69, 9.17) is 4.74 Å². The molecule has 1 fully saturated rings. The summed E-state index contributed by atoms with van der Waals surface area (Å²) in [7, 11) is 0. The average Bonchev–Trinajstić information content (AvgIpc) is 2.78. The Morgan fingerprint density at radius 1 is 1.47 bits per heavy atom. The van der Waals surface area contributed by atoms with Crippen molar-refractivity contribution in [3.63, 3.8) is 0 Å². The molecular formula is C13H21NO2S. The molecule has 1 aliphatic rings. The fourth-order valence-corrected chi connectivity index (χ4v) is 3.14. The van der Waals surface area contributed by atoms with E-state index in [0.717, 1.165) is 17.7 Å². The van der Waals surface area contributed by atoms with Gasteiger partial charge in [0.2, 0.25) is 0 Å². The molecule has 0 aromatic carbocycles. The summed E-state index contributed by atoms with van der Waals surface area (Å²) in [5.41, 5.74) is 0. The fourth-order valence-electron chi connectivity index (χ4n) is 2.43. The van der Waals surface area contributed by atoms with Crippen LogP contribution in [0.5, 0.6) is 0 Å². The second-order valence-electron chi connectivity index (χ2n) is 4.87. The highest BCUT2D eigenvalue weighted by atomic mass is 32.1. The van der Waals surface area contributed by atoms with Crippen molar-refractivity contribution in [3.8, 4) is 0 Å². The van der Waals surface area contributed by atoms with E-state index in [1.165, 1.54) is 0 Å². The number of rotatable bonds is 4. The van der Waals surface area contributed by atoms with Crippen LogP contribution < -0.4 is 5.32 Å². The third-order valence-electron chi connectivity index (χ3n) is 3.17. The van der Waals surface area contributed by atoms with Crippen molar-refractivity contribution in [2.45, 2.75) is 51.0 Å². The predicted octanol–water partition coefficient (Wildman–Crippen LogP) is 2.33. The third kappa shape index (κ3) is 3.78. The number of ether oxygens (including phenoxy) is 1. The Morgan fingerprint density at radius 2 is 2.18 bits per heavy atom. The molecule has 1 aliphatic heterocycles. The van der Waals surface area contributed by atoms with Crippen LogP contribution in [0.15, 0.2) is 17.5 Å². The van der Waals surface area contributed by atoms with Gasteiger partial charge in [-0.15, -0.1) is 11.3 Å². The van der Waals surface area contributed by atoms with Gasteiger partial charge in [0.25, 0.3) is 0 Å². The van der Waals surface area contributed by atoms with Crippen molar-refractivity contribution in [3.05, 3.63) is 22.4 Å². The quantitative estimate of drug-likeness (QED) is 0.867. The maximum atomic E-state index is 9.99. The van der Waals surface area contributed by atoms with Crippen LogP contribution in [0.3, 0.4) is 0 Å². The molecule has 1 unspecified atom stereocenters. The van der Waals surface area contributed by atoms with E-state index in [9.17, 15) is 5.11 Å². The van der Waals surface area contributed by atoms with Gasteiger partial charge in [-0.1, -0.05) is 6.07 Å². The Morgan fingerprint density at radius 3 is 2.76 bits per heavy atom. The lowest BCUT2D eigenvalue weighted by molar-refractivity contribution is -0.0433. The van der Waals surface area contributed by atoms with E-state index < -0.39 is 0 Å². The molecule has 0 spiro atoms. The van der Waals surface area contributed by atoms with Crippen molar-refractivity contribution in [1.29, 1.82) is 0 Å². The lowest BCUT2D eigenvalue weighted by atomic mass is 10.00. The first-order chi connectivity index (χ1) is 8.15. The van der Waals surface area contributed by atoms with Gasteiger partial charge in [0.05, 0.1) is 12.2 Å². The van der Waals surface area contributed by atoms with Crippen LogP contribution in [-0.4, -0.2) is 29.9 Å². The van der Waals surface area contributed by atoms with Crippen LogP contribution in [0.1, 0.15) is 37.7 Å². The summed E-state index contributed by atoms with van der Waals surface area (Å²) in [5.74, 6) is 0. The Hall–Kier alpha value is -0.420. The van der Waals surface area contributed by atoms with Gasteiger partial charge in [-0.2, -0.15) is 0 Å². The molecule has 2 N–H and O–H groups in total. The van der Waals surface area contributed by atoms with E-state index in [1.807, 2.05) is 17.5 Å². The topological polar surface area (TPSA) is 41.5 Å². The molecule has 96 valence electrons. The molecule has 0 saturated carbocycles. The van der Waals surface area contributed by atoms with E-state index in [2.05, 4.69) is 19.2 Å². The van der Waals surface area contributed by atoms with Gasteiger partial charge in [0, 0.05) is 17.5 Å². The molecule has 1 aromatic rings. The van der Waals surface area contributed by atoms with Crippen molar-refractivity contribution < 1.29 is 9.84 Å². The molecular weight excluding hydrogens is 234 g/mol. The van der Waals surface area contributed by atoms with Gasteiger partial charge in [-0.3, -0.25) is 0 Å². The van der Waals surface area contributed by atoms with Crippen molar-refractivity contribution in [2.75, 3.05) is 6.54 Å². The van der Waals surface area contributed by atoms with Crippen molar-refractivity contribution in [1.82, 2.24) is 5.32 Å². The first kappa shape index (κ1) is 13.0. The molecule has 0 radical (unpaired) electrons. The molecule has 0 aliphatic carbocycles. The summed E-state index contributed by atoms with van der Waals surface area (Å²) in [5, 5.41) is 15.4. The Kier molecular flexibility index (Phi) is 4.56. The molecule has 3 nitrogen and oxygen atoms in total. The summed E-state index contributed by atoms with van der Waals surface area (Å²) < 4.78 is 5.69. The van der Waals surface area contributed by atoms with Crippen LogP contribution in [0.4, 0.5) is 0 Å². The van der Waals surface area contributed by atoms with Crippen molar-refractivity contribution >= 4 is 11.3 Å². The molecule has 1 aromatic heterocycles. The van der Waals surface area contributed by atoms with E-state index in [0.29, 0.717) is 24.8 Å². The maximum absolute atomic E-state index is 9.99. The number of aliphatic hydroxyl groups excluding tert-OH is 1. The molecule has 4 heteroatoms. The van der Waals surface area contributed by atoms with Crippen molar-refractivity contribution in [2.24, 2.45) is 0 Å². The number of nitrogens with one attached hydrogen (secondary N) is 1. The van der Waals surface area contributed by atoms with Gasteiger partial charge < -0.3 is 15.2 Å². The highest BCUT2D eigenvalue weighted by Crippen LogP contribution is 2.21. The lowest BCUT2D eigenvalue weighted by Gasteiger charge is -2.33. The van der Waals surface area contributed by atoms with Crippen LogP contribution in [0.25, 0.3) is 0 Å². The smallest absolute Gasteiger partial charge is 0.101 e. The molecule has 0 amide bonds. The molecule has 2 rings (SSSR count). The number of aliphatic hydroxyl groups is 1. The largest absolute Gasteiger partial charge is 0.386 e. The summed E-state index contributed by atoms with van der Waals surface area (Å²) in [6.45, 7) is 4.85. The Balaban J connectivity index is 1.78. The summed E-state index contributed by atoms with van der Waals surface area (Å²) in [6.07, 6.45) is 2.30. The van der Waals surface area contributed by atoms with Crippen LogP contribution in [0.2, 0.25) is 0 Å². The lowest BCUT2D eigenvalue weighted by Crippen LogP contribution is -2.42. The fraction of sp³-hybridized carbons (Fsp3) is 0.692.